The number of benzene rings is 1. The van der Waals surface area contributed by atoms with Crippen molar-refractivity contribution in [2.45, 2.75) is 46.3 Å². The molecule has 0 aliphatic carbocycles. The van der Waals surface area contributed by atoms with Gasteiger partial charge in [-0.25, -0.2) is 4.68 Å². The highest BCUT2D eigenvalue weighted by molar-refractivity contribution is 6.04. The lowest BCUT2D eigenvalue weighted by Crippen LogP contribution is -2.45. The number of hydrogen-bond acceptors (Lipinski definition) is 5. The minimum Gasteiger partial charge on any atom is -0.354 e. The van der Waals surface area contributed by atoms with Crippen LogP contribution in [0, 0.1) is 11.8 Å². The van der Waals surface area contributed by atoms with E-state index in [0.29, 0.717) is 36.4 Å². The van der Waals surface area contributed by atoms with E-state index in [4.69, 9.17) is 0 Å². The molecule has 1 atom stereocenters. The first-order chi connectivity index (χ1) is 14.3. The SMILES string of the molecule is CNC(=O)c1nn(CN2CCC(C(=O)NC(C)C(C)C)CC2)c(=O)c2ccccc12. The quantitative estimate of drug-likeness (QED) is 0.750. The molecule has 1 aromatic heterocycles. The molecular weight excluding hydrogens is 382 g/mol. The van der Waals surface area contributed by atoms with Gasteiger partial charge in [0, 0.05) is 37.5 Å². The van der Waals surface area contributed by atoms with Crippen molar-refractivity contribution in [1.82, 2.24) is 25.3 Å². The molecule has 30 heavy (non-hydrogen) atoms. The monoisotopic (exact) mass is 413 g/mol. The lowest BCUT2D eigenvalue weighted by Gasteiger charge is -2.32. The Morgan fingerprint density at radius 3 is 2.37 bits per heavy atom. The van der Waals surface area contributed by atoms with Crippen LogP contribution >= 0.6 is 0 Å². The number of likely N-dealkylation sites (tertiary alicyclic amines) is 1. The molecule has 2 N–H and O–H groups in total. The lowest BCUT2D eigenvalue weighted by atomic mass is 9.95. The van der Waals surface area contributed by atoms with Crippen LogP contribution in [0.2, 0.25) is 0 Å². The van der Waals surface area contributed by atoms with Gasteiger partial charge in [-0.1, -0.05) is 32.0 Å². The first-order valence-electron chi connectivity index (χ1n) is 10.6. The minimum atomic E-state index is -0.324. The zero-order valence-corrected chi connectivity index (χ0v) is 18.1. The number of fused-ring (bicyclic) bond motifs is 1. The molecule has 2 heterocycles. The van der Waals surface area contributed by atoms with Gasteiger partial charge in [0.05, 0.1) is 12.1 Å². The predicted octanol–water partition coefficient (Wildman–Crippen LogP) is 1.59. The Hall–Kier alpha value is -2.74. The lowest BCUT2D eigenvalue weighted by molar-refractivity contribution is -0.127. The van der Waals surface area contributed by atoms with Crippen LogP contribution < -0.4 is 16.2 Å². The fourth-order valence-corrected chi connectivity index (χ4v) is 3.65. The number of nitrogens with one attached hydrogen (secondary N) is 2. The summed E-state index contributed by atoms with van der Waals surface area (Å²) in [7, 11) is 1.55. The van der Waals surface area contributed by atoms with Crippen molar-refractivity contribution in [3.8, 4) is 0 Å². The van der Waals surface area contributed by atoms with Gasteiger partial charge in [-0.2, -0.15) is 5.10 Å². The van der Waals surface area contributed by atoms with Gasteiger partial charge in [-0.15, -0.1) is 0 Å². The van der Waals surface area contributed by atoms with Crippen LogP contribution in [0.3, 0.4) is 0 Å². The number of amides is 2. The van der Waals surface area contributed by atoms with Gasteiger partial charge in [0.1, 0.15) is 0 Å². The molecule has 2 aromatic rings. The van der Waals surface area contributed by atoms with Crippen LogP contribution in [0.5, 0.6) is 0 Å². The van der Waals surface area contributed by atoms with E-state index < -0.39 is 0 Å². The predicted molar refractivity (Wildman–Crippen MR) is 116 cm³/mol. The van der Waals surface area contributed by atoms with Crippen LogP contribution in [-0.2, 0) is 11.5 Å². The van der Waals surface area contributed by atoms with Crippen molar-refractivity contribution in [2.24, 2.45) is 11.8 Å². The highest BCUT2D eigenvalue weighted by Gasteiger charge is 2.27. The van der Waals surface area contributed by atoms with Crippen molar-refractivity contribution >= 4 is 22.6 Å². The van der Waals surface area contributed by atoms with Gasteiger partial charge >= 0.3 is 0 Å². The summed E-state index contributed by atoms with van der Waals surface area (Å²) in [6.07, 6.45) is 1.47. The normalized spacial score (nSPS) is 16.6. The minimum absolute atomic E-state index is 0.00911. The van der Waals surface area contributed by atoms with Gasteiger partial charge in [-0.05, 0) is 31.7 Å². The molecule has 1 fully saturated rings. The first-order valence-corrected chi connectivity index (χ1v) is 10.6. The third kappa shape index (κ3) is 4.70. The molecule has 162 valence electrons. The Morgan fingerprint density at radius 1 is 1.13 bits per heavy atom. The number of carbonyl (C=O) groups is 2. The summed E-state index contributed by atoms with van der Waals surface area (Å²) in [5.41, 5.74) is 0.0218. The summed E-state index contributed by atoms with van der Waals surface area (Å²) in [5, 5.41) is 11.1. The van der Waals surface area contributed by atoms with Gasteiger partial charge in [0.25, 0.3) is 11.5 Å². The van der Waals surface area contributed by atoms with E-state index >= 15 is 0 Å². The zero-order chi connectivity index (χ0) is 21.8. The summed E-state index contributed by atoms with van der Waals surface area (Å²) in [6, 6.07) is 7.18. The Morgan fingerprint density at radius 2 is 1.77 bits per heavy atom. The Bertz CT molecular complexity index is 976. The summed E-state index contributed by atoms with van der Waals surface area (Å²) in [5.74, 6) is 0.174. The second-order valence-corrected chi connectivity index (χ2v) is 8.35. The average Bonchev–Trinajstić information content (AvgIpc) is 2.75. The van der Waals surface area contributed by atoms with Crippen molar-refractivity contribution in [1.29, 1.82) is 0 Å². The molecule has 0 radical (unpaired) electrons. The van der Waals surface area contributed by atoms with Gasteiger partial charge < -0.3 is 10.6 Å². The first kappa shape index (κ1) is 22.0. The molecule has 1 aliphatic heterocycles. The van der Waals surface area contributed by atoms with Gasteiger partial charge in [0.2, 0.25) is 5.91 Å². The van der Waals surface area contributed by atoms with Crippen molar-refractivity contribution in [2.75, 3.05) is 20.1 Å². The number of aromatic nitrogens is 2. The zero-order valence-electron chi connectivity index (χ0n) is 18.1. The van der Waals surface area contributed by atoms with E-state index in [-0.39, 0.29) is 35.0 Å². The molecule has 0 saturated carbocycles. The molecular formula is C22H31N5O3. The maximum atomic E-state index is 12.9. The van der Waals surface area contributed by atoms with Crippen molar-refractivity contribution in [3.63, 3.8) is 0 Å². The fraction of sp³-hybridized carbons (Fsp3) is 0.545. The van der Waals surface area contributed by atoms with E-state index in [2.05, 4.69) is 34.5 Å². The summed E-state index contributed by atoms with van der Waals surface area (Å²) in [6.45, 7) is 7.91. The van der Waals surface area contributed by atoms with Gasteiger partial charge in [0.15, 0.2) is 5.69 Å². The van der Waals surface area contributed by atoms with Crippen LogP contribution in [0.1, 0.15) is 44.1 Å². The standard InChI is InChI=1S/C22H31N5O3/c1-14(2)15(3)24-20(28)16-9-11-26(12-10-16)13-27-22(30)18-8-6-5-7-17(18)19(25-27)21(29)23-4/h5-8,14-16H,9-13H2,1-4H3,(H,23,29)(H,24,28). The van der Waals surface area contributed by atoms with E-state index in [1.807, 2.05) is 6.92 Å². The highest BCUT2D eigenvalue weighted by atomic mass is 16.2. The molecule has 1 aromatic carbocycles. The molecule has 2 amide bonds. The number of carbonyl (C=O) groups excluding carboxylic acids is 2. The average molecular weight is 414 g/mol. The topological polar surface area (TPSA) is 96.3 Å². The Labute approximate surface area is 176 Å². The second kappa shape index (κ2) is 9.38. The summed E-state index contributed by atoms with van der Waals surface area (Å²) < 4.78 is 1.36. The van der Waals surface area contributed by atoms with Gasteiger partial charge in [-0.3, -0.25) is 19.3 Å². The Kier molecular flexibility index (Phi) is 6.87. The van der Waals surface area contributed by atoms with Crippen LogP contribution in [0.15, 0.2) is 29.1 Å². The van der Waals surface area contributed by atoms with E-state index in [1.54, 1.807) is 31.3 Å². The summed E-state index contributed by atoms with van der Waals surface area (Å²) in [4.78, 5) is 39.8. The molecule has 0 bridgehead atoms. The van der Waals surface area contributed by atoms with E-state index in [9.17, 15) is 14.4 Å². The van der Waals surface area contributed by atoms with Crippen LogP contribution in [0.4, 0.5) is 0 Å². The summed E-state index contributed by atoms with van der Waals surface area (Å²) >= 11 is 0. The Balaban J connectivity index is 1.72. The third-order valence-corrected chi connectivity index (χ3v) is 5.97. The van der Waals surface area contributed by atoms with Crippen LogP contribution in [-0.4, -0.2) is 52.7 Å². The van der Waals surface area contributed by atoms with E-state index in [1.165, 1.54) is 4.68 Å². The number of nitrogens with zero attached hydrogens (tertiary/aromatic N) is 3. The highest BCUT2D eigenvalue weighted by Crippen LogP contribution is 2.19. The molecule has 8 heteroatoms. The molecule has 8 nitrogen and oxygen atoms in total. The number of rotatable bonds is 6. The smallest absolute Gasteiger partial charge is 0.275 e. The second-order valence-electron chi connectivity index (χ2n) is 8.35. The number of hydrogen-bond donors (Lipinski definition) is 2. The molecule has 1 unspecified atom stereocenters. The van der Waals surface area contributed by atoms with E-state index in [0.717, 1.165) is 12.8 Å². The maximum Gasteiger partial charge on any atom is 0.275 e. The molecule has 1 aliphatic rings. The molecule has 3 rings (SSSR count). The van der Waals surface area contributed by atoms with Crippen molar-refractivity contribution < 1.29 is 9.59 Å². The molecule has 0 spiro atoms. The van der Waals surface area contributed by atoms with Crippen molar-refractivity contribution in [3.05, 3.63) is 40.3 Å². The number of piperidine rings is 1. The fourth-order valence-electron chi connectivity index (χ4n) is 3.65. The third-order valence-electron chi connectivity index (χ3n) is 5.97. The maximum absolute atomic E-state index is 12.9. The molecule has 1 saturated heterocycles. The van der Waals surface area contributed by atoms with Crippen LogP contribution in [0.25, 0.3) is 10.8 Å². The largest absolute Gasteiger partial charge is 0.354 e.